The Kier molecular flexibility index (Phi) is 3.19. The fraction of sp³-hybridized carbons (Fsp3) is 0.100. The Morgan fingerprint density at radius 3 is 2.44 bits per heavy atom. The Balaban J connectivity index is 2.37. The van der Waals surface area contributed by atoms with Crippen LogP contribution in [0.15, 0.2) is 12.1 Å². The molecule has 0 spiro atoms. The lowest BCUT2D eigenvalue weighted by molar-refractivity contribution is 0.0696. The van der Waals surface area contributed by atoms with Crippen LogP contribution in [0, 0.1) is 18.6 Å². The maximum atomic E-state index is 13.6. The van der Waals surface area contributed by atoms with Gasteiger partial charge in [-0.3, -0.25) is 0 Å². The predicted octanol–water partition coefficient (Wildman–Crippen LogP) is 2.57. The zero-order valence-corrected chi connectivity index (χ0v) is 9.89. The van der Waals surface area contributed by atoms with E-state index in [2.05, 4.69) is 14.7 Å². The predicted molar refractivity (Wildman–Crippen MR) is 61.2 cm³/mol. The molecule has 0 atom stereocenters. The van der Waals surface area contributed by atoms with Gasteiger partial charge in [-0.15, -0.1) is 0 Å². The molecule has 0 saturated heterocycles. The second-order valence-corrected chi connectivity index (χ2v) is 4.14. The van der Waals surface area contributed by atoms with Crippen molar-refractivity contribution >= 4 is 28.3 Å². The summed E-state index contributed by atoms with van der Waals surface area (Å²) in [6, 6.07) is 1.48. The highest BCUT2D eigenvalue weighted by molar-refractivity contribution is 7.09. The molecule has 1 aromatic carbocycles. The third-order valence-corrected chi connectivity index (χ3v) is 2.77. The van der Waals surface area contributed by atoms with E-state index in [1.54, 1.807) is 6.92 Å². The van der Waals surface area contributed by atoms with Crippen LogP contribution in [-0.2, 0) is 0 Å². The van der Waals surface area contributed by atoms with Crippen molar-refractivity contribution in [3.63, 3.8) is 0 Å². The number of aromatic nitrogens is 2. The lowest BCUT2D eigenvalue weighted by Gasteiger charge is -2.06. The van der Waals surface area contributed by atoms with Crippen LogP contribution in [-0.4, -0.2) is 20.4 Å². The summed E-state index contributed by atoms with van der Waals surface area (Å²) >= 11 is 0.950. The summed E-state index contributed by atoms with van der Waals surface area (Å²) in [5.41, 5.74) is -0.903. The molecule has 0 radical (unpaired) electrons. The summed E-state index contributed by atoms with van der Waals surface area (Å²) < 4.78 is 31.0. The Morgan fingerprint density at radius 1 is 1.39 bits per heavy atom. The fourth-order valence-corrected chi connectivity index (χ4v) is 1.85. The van der Waals surface area contributed by atoms with E-state index < -0.39 is 28.9 Å². The highest BCUT2D eigenvalue weighted by atomic mass is 32.1. The van der Waals surface area contributed by atoms with Crippen LogP contribution < -0.4 is 5.32 Å². The first-order chi connectivity index (χ1) is 8.47. The van der Waals surface area contributed by atoms with E-state index in [4.69, 9.17) is 5.11 Å². The second-order valence-electron chi connectivity index (χ2n) is 3.39. The van der Waals surface area contributed by atoms with E-state index in [1.165, 1.54) is 0 Å². The van der Waals surface area contributed by atoms with Crippen molar-refractivity contribution in [2.75, 3.05) is 5.32 Å². The minimum Gasteiger partial charge on any atom is -0.478 e. The average Bonchev–Trinajstić information content (AvgIpc) is 2.69. The average molecular weight is 271 g/mol. The van der Waals surface area contributed by atoms with Gasteiger partial charge < -0.3 is 10.4 Å². The normalized spacial score (nSPS) is 10.4. The molecule has 1 aromatic heterocycles. The molecule has 2 rings (SSSR count). The number of aryl methyl sites for hydroxylation is 1. The van der Waals surface area contributed by atoms with Crippen molar-refractivity contribution in [2.45, 2.75) is 6.92 Å². The van der Waals surface area contributed by atoms with Crippen LogP contribution in [0.2, 0.25) is 0 Å². The number of hydrogen-bond donors (Lipinski definition) is 2. The van der Waals surface area contributed by atoms with Gasteiger partial charge in [-0.25, -0.2) is 18.6 Å². The number of carboxylic acid groups (broad SMARTS) is 1. The van der Waals surface area contributed by atoms with E-state index >= 15 is 0 Å². The molecule has 0 aliphatic heterocycles. The molecular formula is C10H7F2N3O2S. The Morgan fingerprint density at radius 2 is 2.00 bits per heavy atom. The summed E-state index contributed by atoms with van der Waals surface area (Å²) in [4.78, 5) is 14.5. The molecule has 0 fully saturated rings. The summed E-state index contributed by atoms with van der Waals surface area (Å²) in [5, 5.41) is 11.3. The van der Waals surface area contributed by atoms with Crippen molar-refractivity contribution in [2.24, 2.45) is 0 Å². The van der Waals surface area contributed by atoms with E-state index in [0.29, 0.717) is 5.82 Å². The number of nitrogens with zero attached hydrogens (tertiary/aromatic N) is 2. The lowest BCUT2D eigenvalue weighted by Crippen LogP contribution is -2.03. The molecule has 0 saturated carbocycles. The van der Waals surface area contributed by atoms with Gasteiger partial charge in [0.25, 0.3) is 0 Å². The molecule has 18 heavy (non-hydrogen) atoms. The quantitative estimate of drug-likeness (QED) is 0.897. The minimum absolute atomic E-state index is 0.230. The number of carboxylic acids is 1. The van der Waals surface area contributed by atoms with Crippen LogP contribution in [0.3, 0.4) is 0 Å². The van der Waals surface area contributed by atoms with Crippen LogP contribution >= 0.6 is 11.5 Å². The molecule has 94 valence electrons. The molecule has 0 aliphatic carbocycles. The van der Waals surface area contributed by atoms with E-state index in [-0.39, 0.29) is 5.13 Å². The maximum Gasteiger partial charge on any atom is 0.335 e. The van der Waals surface area contributed by atoms with Crippen molar-refractivity contribution < 1.29 is 18.7 Å². The van der Waals surface area contributed by atoms with Gasteiger partial charge in [0.15, 0.2) is 11.6 Å². The molecule has 2 aromatic rings. The topological polar surface area (TPSA) is 75.1 Å². The molecule has 8 heteroatoms. The smallest absolute Gasteiger partial charge is 0.335 e. The molecule has 0 unspecified atom stereocenters. The number of carbonyl (C=O) groups is 1. The van der Waals surface area contributed by atoms with Crippen molar-refractivity contribution in [1.29, 1.82) is 0 Å². The van der Waals surface area contributed by atoms with E-state index in [0.717, 1.165) is 23.7 Å². The molecule has 5 nitrogen and oxygen atoms in total. The molecular weight excluding hydrogens is 264 g/mol. The molecule has 0 amide bonds. The molecule has 1 heterocycles. The number of anilines is 2. The van der Waals surface area contributed by atoms with Crippen molar-refractivity contribution in [1.82, 2.24) is 9.36 Å². The number of benzene rings is 1. The van der Waals surface area contributed by atoms with Crippen molar-refractivity contribution in [3.05, 3.63) is 35.2 Å². The number of halogens is 2. The fourth-order valence-electron chi connectivity index (χ4n) is 1.27. The first-order valence-electron chi connectivity index (χ1n) is 4.77. The first kappa shape index (κ1) is 12.4. The maximum absolute atomic E-state index is 13.6. The molecule has 0 aliphatic rings. The summed E-state index contributed by atoms with van der Waals surface area (Å²) in [5.74, 6) is -2.92. The number of rotatable bonds is 3. The second kappa shape index (κ2) is 4.65. The van der Waals surface area contributed by atoms with Gasteiger partial charge in [-0.05, 0) is 19.1 Å². The molecule has 2 N–H and O–H groups in total. The highest BCUT2D eigenvalue weighted by Gasteiger charge is 2.15. The SMILES string of the molecule is Cc1nsc(Nc2c(F)cc(C(=O)O)cc2F)n1. The monoisotopic (exact) mass is 271 g/mol. The highest BCUT2D eigenvalue weighted by Crippen LogP contribution is 2.25. The Bertz CT molecular complexity index is 592. The minimum atomic E-state index is -1.40. The number of hydrogen-bond acceptors (Lipinski definition) is 5. The van der Waals surface area contributed by atoms with Gasteiger partial charge in [0.1, 0.15) is 11.5 Å². The van der Waals surface area contributed by atoms with E-state index in [1.807, 2.05) is 0 Å². The van der Waals surface area contributed by atoms with Crippen LogP contribution in [0.5, 0.6) is 0 Å². The lowest BCUT2D eigenvalue weighted by atomic mass is 10.2. The van der Waals surface area contributed by atoms with Gasteiger partial charge in [0, 0.05) is 11.5 Å². The van der Waals surface area contributed by atoms with Gasteiger partial charge in [0.05, 0.1) is 5.56 Å². The van der Waals surface area contributed by atoms with Gasteiger partial charge >= 0.3 is 5.97 Å². The van der Waals surface area contributed by atoms with E-state index in [9.17, 15) is 13.6 Å². The zero-order chi connectivity index (χ0) is 13.3. The third-order valence-electron chi connectivity index (χ3n) is 2.05. The first-order valence-corrected chi connectivity index (χ1v) is 5.54. The number of nitrogens with one attached hydrogen (secondary N) is 1. The summed E-state index contributed by atoms with van der Waals surface area (Å²) in [6.07, 6.45) is 0. The third kappa shape index (κ3) is 2.43. The summed E-state index contributed by atoms with van der Waals surface area (Å²) in [7, 11) is 0. The van der Waals surface area contributed by atoms with Crippen LogP contribution in [0.1, 0.15) is 16.2 Å². The Hall–Kier alpha value is -2.09. The summed E-state index contributed by atoms with van der Waals surface area (Å²) in [6.45, 7) is 1.64. The van der Waals surface area contributed by atoms with Gasteiger partial charge in [-0.2, -0.15) is 4.37 Å². The molecule has 0 bridgehead atoms. The zero-order valence-electron chi connectivity index (χ0n) is 9.07. The van der Waals surface area contributed by atoms with Crippen LogP contribution in [0.25, 0.3) is 0 Å². The standard InChI is InChI=1S/C10H7F2N3O2S/c1-4-13-10(18-15-4)14-8-6(11)2-5(9(16)17)3-7(8)12/h2-3H,1H3,(H,16,17)(H,13,14,15). The van der Waals surface area contributed by atoms with Crippen LogP contribution in [0.4, 0.5) is 19.6 Å². The number of aromatic carboxylic acids is 1. The largest absolute Gasteiger partial charge is 0.478 e. The van der Waals surface area contributed by atoms with Gasteiger partial charge in [0.2, 0.25) is 5.13 Å². The van der Waals surface area contributed by atoms with Crippen molar-refractivity contribution in [3.8, 4) is 0 Å². The van der Waals surface area contributed by atoms with Gasteiger partial charge in [-0.1, -0.05) is 0 Å². The Labute approximate surface area is 104 Å².